The Labute approximate surface area is 239 Å². The van der Waals surface area contributed by atoms with Crippen molar-refractivity contribution in [2.45, 2.75) is 58.3 Å². The number of carbonyl (C=O) groups excluding carboxylic acids is 3. The van der Waals surface area contributed by atoms with Gasteiger partial charge in [0.1, 0.15) is 17.4 Å². The van der Waals surface area contributed by atoms with E-state index in [0.29, 0.717) is 24.4 Å². The number of nitrogens with one attached hydrogen (secondary N) is 2. The molecule has 2 bridgehead atoms. The molecule has 8 heteroatoms. The van der Waals surface area contributed by atoms with Crippen LogP contribution in [-0.2, 0) is 4.79 Å². The molecule has 0 radical (unpaired) electrons. The molecule has 2 N–H and O–H groups in total. The first-order valence-electron chi connectivity index (χ1n) is 14.1. The molecule has 2 aliphatic rings. The Bertz CT molecular complexity index is 1570. The molecule has 8 nitrogen and oxygen atoms in total. The number of likely N-dealkylation sites (tertiary alicyclic amines) is 2. The zero-order chi connectivity index (χ0) is 28.9. The molecule has 210 valence electrons. The number of amides is 3. The number of hydrogen-bond donors (Lipinski definition) is 2. The summed E-state index contributed by atoms with van der Waals surface area (Å²) in [5.74, 6) is -0.539. The SMILES string of the molecule is C[C@H]1[C@@H]2C[C@@H](CN2C(=O)c2ccc(-c3ccccc3)cn2)N1C(=O)[C@@H](NC(=O)c1cc2ccccc2[nH]1)C(C)(C)C. The monoisotopic (exact) mass is 549 g/mol. The van der Waals surface area contributed by atoms with E-state index < -0.39 is 11.5 Å². The Morgan fingerprint density at radius 2 is 1.71 bits per heavy atom. The lowest BCUT2D eigenvalue weighted by atomic mass is 9.85. The van der Waals surface area contributed by atoms with E-state index in [1.54, 1.807) is 18.3 Å². The fourth-order valence-corrected chi connectivity index (χ4v) is 6.31. The molecule has 2 saturated heterocycles. The summed E-state index contributed by atoms with van der Waals surface area (Å²) in [4.78, 5) is 52.2. The average Bonchev–Trinajstić information content (AvgIpc) is 3.68. The van der Waals surface area contributed by atoms with Gasteiger partial charge in [-0.25, -0.2) is 0 Å². The van der Waals surface area contributed by atoms with E-state index in [2.05, 4.69) is 15.3 Å². The van der Waals surface area contributed by atoms with Gasteiger partial charge in [0.15, 0.2) is 0 Å². The molecule has 0 saturated carbocycles. The van der Waals surface area contributed by atoms with Crippen molar-refractivity contribution < 1.29 is 14.4 Å². The molecule has 4 atom stereocenters. The van der Waals surface area contributed by atoms with E-state index in [4.69, 9.17) is 0 Å². The van der Waals surface area contributed by atoms with Gasteiger partial charge >= 0.3 is 0 Å². The molecule has 6 rings (SSSR count). The molecule has 2 fully saturated rings. The Morgan fingerprint density at radius 3 is 2.37 bits per heavy atom. The van der Waals surface area contributed by atoms with Gasteiger partial charge in [-0.15, -0.1) is 0 Å². The maximum Gasteiger partial charge on any atom is 0.272 e. The van der Waals surface area contributed by atoms with Crippen LogP contribution in [0.4, 0.5) is 0 Å². The summed E-state index contributed by atoms with van der Waals surface area (Å²) >= 11 is 0. The molecule has 2 aliphatic heterocycles. The van der Waals surface area contributed by atoms with E-state index in [9.17, 15) is 14.4 Å². The first-order chi connectivity index (χ1) is 19.6. The lowest BCUT2D eigenvalue weighted by Crippen LogP contribution is -2.62. The normalized spacial score (nSPS) is 20.8. The minimum Gasteiger partial charge on any atom is -0.351 e. The molecule has 0 aliphatic carbocycles. The van der Waals surface area contributed by atoms with Crippen LogP contribution in [0.15, 0.2) is 79.0 Å². The second-order valence-electron chi connectivity index (χ2n) is 12.2. The van der Waals surface area contributed by atoms with Gasteiger partial charge in [0.25, 0.3) is 11.8 Å². The van der Waals surface area contributed by atoms with Crippen molar-refractivity contribution in [3.63, 3.8) is 0 Å². The molecule has 2 aromatic heterocycles. The van der Waals surface area contributed by atoms with Crippen LogP contribution in [0.2, 0.25) is 0 Å². The number of nitrogens with zero attached hydrogens (tertiary/aromatic N) is 3. The highest BCUT2D eigenvalue weighted by Gasteiger charge is 2.54. The second kappa shape index (κ2) is 10.2. The summed E-state index contributed by atoms with van der Waals surface area (Å²) in [6.45, 7) is 8.32. The number of hydrogen-bond acceptors (Lipinski definition) is 4. The number of H-pyrrole nitrogens is 1. The second-order valence-corrected chi connectivity index (χ2v) is 12.2. The predicted octanol–water partition coefficient (Wildman–Crippen LogP) is 4.89. The number of pyridine rings is 1. The molecular weight excluding hydrogens is 514 g/mol. The summed E-state index contributed by atoms with van der Waals surface area (Å²) in [6, 6.07) is 22.0. The third-order valence-corrected chi connectivity index (χ3v) is 8.48. The van der Waals surface area contributed by atoms with Crippen LogP contribution < -0.4 is 5.32 Å². The Hall–Kier alpha value is -4.46. The van der Waals surface area contributed by atoms with Crippen LogP contribution in [0.3, 0.4) is 0 Å². The van der Waals surface area contributed by atoms with Gasteiger partial charge in [-0.2, -0.15) is 0 Å². The van der Waals surface area contributed by atoms with Crippen LogP contribution in [0, 0.1) is 5.41 Å². The highest BCUT2D eigenvalue weighted by molar-refractivity contribution is 6.00. The van der Waals surface area contributed by atoms with Crippen molar-refractivity contribution in [3.8, 4) is 11.1 Å². The van der Waals surface area contributed by atoms with E-state index in [-0.39, 0.29) is 35.8 Å². The quantitative estimate of drug-likeness (QED) is 0.370. The van der Waals surface area contributed by atoms with Gasteiger partial charge in [0.2, 0.25) is 5.91 Å². The standard InChI is InChI=1S/C33H35N5O3/c1-20-28-17-24(19-37(28)31(40)26-15-14-23(18-34-26)21-10-6-5-7-11-21)38(20)32(41)29(33(2,3)4)36-30(39)27-16-22-12-8-9-13-25(22)35-27/h5-16,18,20,24,28-29,35H,17,19H2,1-4H3,(H,36,39)/t20-,24-,28-,29+/m0/s1. The topological polar surface area (TPSA) is 98.4 Å². The Balaban J connectivity index is 1.16. The fourth-order valence-electron chi connectivity index (χ4n) is 6.31. The van der Waals surface area contributed by atoms with Crippen molar-refractivity contribution >= 4 is 28.6 Å². The number of piperazine rings is 1. The molecule has 0 unspecified atom stereocenters. The van der Waals surface area contributed by atoms with Crippen molar-refractivity contribution in [2.75, 3.05) is 6.54 Å². The van der Waals surface area contributed by atoms with Crippen molar-refractivity contribution in [1.29, 1.82) is 0 Å². The molecule has 41 heavy (non-hydrogen) atoms. The maximum absolute atomic E-state index is 14.0. The van der Waals surface area contributed by atoms with E-state index in [1.807, 2.05) is 98.2 Å². The largest absolute Gasteiger partial charge is 0.351 e. The number of benzene rings is 2. The molecule has 3 amide bonds. The first-order valence-corrected chi connectivity index (χ1v) is 14.1. The number of aromatic amines is 1. The van der Waals surface area contributed by atoms with E-state index in [0.717, 1.165) is 22.0 Å². The van der Waals surface area contributed by atoms with Gasteiger partial charge in [0.05, 0.1) is 12.1 Å². The number of rotatable bonds is 5. The molecule has 0 spiro atoms. The zero-order valence-corrected chi connectivity index (χ0v) is 23.8. The minimum atomic E-state index is -0.723. The van der Waals surface area contributed by atoms with Gasteiger partial charge in [-0.1, -0.05) is 75.4 Å². The van der Waals surface area contributed by atoms with Gasteiger partial charge in [0, 0.05) is 35.2 Å². The third kappa shape index (κ3) is 4.88. The summed E-state index contributed by atoms with van der Waals surface area (Å²) in [7, 11) is 0. The van der Waals surface area contributed by atoms with Crippen LogP contribution in [0.25, 0.3) is 22.0 Å². The molecule has 4 aromatic rings. The average molecular weight is 550 g/mol. The van der Waals surface area contributed by atoms with Crippen LogP contribution in [0.5, 0.6) is 0 Å². The molecule has 4 heterocycles. The van der Waals surface area contributed by atoms with Crippen molar-refractivity contribution in [1.82, 2.24) is 25.1 Å². The summed E-state index contributed by atoms with van der Waals surface area (Å²) < 4.78 is 0. The van der Waals surface area contributed by atoms with Crippen molar-refractivity contribution in [2.24, 2.45) is 5.41 Å². The highest BCUT2D eigenvalue weighted by atomic mass is 16.2. The number of aromatic nitrogens is 2. The van der Waals surface area contributed by atoms with Gasteiger partial charge in [-0.05, 0) is 42.5 Å². The van der Waals surface area contributed by atoms with Gasteiger partial charge < -0.3 is 20.1 Å². The van der Waals surface area contributed by atoms with E-state index >= 15 is 0 Å². The number of para-hydroxylation sites is 1. The lowest BCUT2D eigenvalue weighted by molar-refractivity contribution is -0.140. The maximum atomic E-state index is 14.0. The Kier molecular flexibility index (Phi) is 6.64. The zero-order valence-electron chi connectivity index (χ0n) is 23.8. The predicted molar refractivity (Wildman–Crippen MR) is 158 cm³/mol. The van der Waals surface area contributed by atoms with Crippen LogP contribution in [-0.4, -0.2) is 68.2 Å². The first kappa shape index (κ1) is 26.7. The molecule has 2 aromatic carbocycles. The minimum absolute atomic E-state index is 0.0999. The van der Waals surface area contributed by atoms with E-state index in [1.165, 1.54) is 0 Å². The highest BCUT2D eigenvalue weighted by Crippen LogP contribution is 2.38. The van der Waals surface area contributed by atoms with Crippen LogP contribution >= 0.6 is 0 Å². The number of carbonyl (C=O) groups is 3. The molecular formula is C33H35N5O3. The smallest absolute Gasteiger partial charge is 0.272 e. The lowest BCUT2D eigenvalue weighted by Gasteiger charge is -2.42. The summed E-state index contributed by atoms with van der Waals surface area (Å²) in [6.07, 6.45) is 2.45. The number of fused-ring (bicyclic) bond motifs is 3. The fraction of sp³-hybridized carbons (Fsp3) is 0.333. The van der Waals surface area contributed by atoms with Gasteiger partial charge in [-0.3, -0.25) is 19.4 Å². The third-order valence-electron chi connectivity index (χ3n) is 8.48. The summed E-state index contributed by atoms with van der Waals surface area (Å²) in [5, 5.41) is 3.96. The Morgan fingerprint density at radius 1 is 0.976 bits per heavy atom. The summed E-state index contributed by atoms with van der Waals surface area (Å²) in [5.41, 5.74) is 3.19. The van der Waals surface area contributed by atoms with Crippen molar-refractivity contribution in [3.05, 3.63) is 90.4 Å². The van der Waals surface area contributed by atoms with Crippen LogP contribution in [0.1, 0.15) is 55.1 Å².